The second kappa shape index (κ2) is 8.58. The number of nitro groups is 1. The smallest absolute Gasteiger partial charge is 0.347 e. The van der Waals surface area contributed by atoms with Crippen LogP contribution in [0.15, 0.2) is 37.0 Å². The third kappa shape index (κ3) is 4.63. The minimum absolute atomic E-state index is 0.153. The number of aromatic nitrogens is 2. The van der Waals surface area contributed by atoms with Gasteiger partial charge in [0.1, 0.15) is 6.20 Å². The van der Waals surface area contributed by atoms with Crippen molar-refractivity contribution in [3.05, 3.63) is 64.1 Å². The SMILES string of the molecule is C=Cn1c([N+](=O)[O-])cnc1C=Cc1ccc(C(=O)OCCCC)cc1. The molecule has 0 bridgehead atoms. The summed E-state index contributed by atoms with van der Waals surface area (Å²) in [6.07, 6.45) is 7.71. The first-order valence-electron chi connectivity index (χ1n) is 7.86. The highest BCUT2D eigenvalue weighted by Crippen LogP contribution is 2.17. The molecule has 2 rings (SSSR count). The topological polar surface area (TPSA) is 87.3 Å². The molecule has 0 aliphatic heterocycles. The molecule has 0 atom stereocenters. The summed E-state index contributed by atoms with van der Waals surface area (Å²) in [5.41, 5.74) is 1.31. The van der Waals surface area contributed by atoms with E-state index in [-0.39, 0.29) is 11.8 Å². The van der Waals surface area contributed by atoms with Crippen LogP contribution in [0.1, 0.15) is 41.5 Å². The van der Waals surface area contributed by atoms with Gasteiger partial charge in [-0.05, 0) is 35.1 Å². The first-order chi connectivity index (χ1) is 12.1. The van der Waals surface area contributed by atoms with Gasteiger partial charge in [0.05, 0.1) is 18.4 Å². The van der Waals surface area contributed by atoms with Gasteiger partial charge >= 0.3 is 11.8 Å². The van der Waals surface area contributed by atoms with Crippen LogP contribution in [0.2, 0.25) is 0 Å². The summed E-state index contributed by atoms with van der Waals surface area (Å²) in [6, 6.07) is 6.89. The van der Waals surface area contributed by atoms with Crippen molar-refractivity contribution < 1.29 is 14.5 Å². The first-order valence-corrected chi connectivity index (χ1v) is 7.86. The van der Waals surface area contributed by atoms with E-state index < -0.39 is 4.92 Å². The fourth-order valence-corrected chi connectivity index (χ4v) is 2.10. The van der Waals surface area contributed by atoms with E-state index in [4.69, 9.17) is 4.74 Å². The molecule has 0 radical (unpaired) electrons. The van der Waals surface area contributed by atoms with Crippen molar-refractivity contribution in [2.24, 2.45) is 0 Å². The molecule has 130 valence electrons. The van der Waals surface area contributed by atoms with Gasteiger partial charge in [0.15, 0.2) is 0 Å². The van der Waals surface area contributed by atoms with Gasteiger partial charge in [-0.2, -0.15) is 4.57 Å². The van der Waals surface area contributed by atoms with Gasteiger partial charge < -0.3 is 14.9 Å². The van der Waals surface area contributed by atoms with Crippen LogP contribution < -0.4 is 0 Å². The molecule has 2 aromatic rings. The second-order valence-electron chi connectivity index (χ2n) is 5.23. The average molecular weight is 341 g/mol. The Morgan fingerprint density at radius 2 is 2.08 bits per heavy atom. The Kier molecular flexibility index (Phi) is 6.22. The van der Waals surface area contributed by atoms with E-state index in [9.17, 15) is 14.9 Å². The number of carbonyl (C=O) groups excluding carboxylic acids is 1. The van der Waals surface area contributed by atoms with Crippen molar-refractivity contribution in [2.75, 3.05) is 6.61 Å². The van der Waals surface area contributed by atoms with Crippen LogP contribution in [0.25, 0.3) is 18.4 Å². The molecule has 1 aromatic heterocycles. The van der Waals surface area contributed by atoms with Gasteiger partial charge in [-0.1, -0.05) is 32.1 Å². The average Bonchev–Trinajstić information content (AvgIpc) is 3.03. The quantitative estimate of drug-likeness (QED) is 0.313. The highest BCUT2D eigenvalue weighted by molar-refractivity contribution is 5.89. The molecule has 25 heavy (non-hydrogen) atoms. The predicted molar refractivity (Wildman–Crippen MR) is 95.8 cm³/mol. The van der Waals surface area contributed by atoms with Crippen LogP contribution >= 0.6 is 0 Å². The van der Waals surface area contributed by atoms with Gasteiger partial charge in [0, 0.05) is 6.08 Å². The zero-order valence-corrected chi connectivity index (χ0v) is 13.9. The van der Waals surface area contributed by atoms with Gasteiger partial charge in [-0.3, -0.25) is 0 Å². The minimum atomic E-state index is -0.523. The molecule has 0 spiro atoms. The number of hydrogen-bond acceptors (Lipinski definition) is 5. The Hall–Kier alpha value is -3.22. The van der Waals surface area contributed by atoms with Crippen molar-refractivity contribution in [3.63, 3.8) is 0 Å². The zero-order chi connectivity index (χ0) is 18.2. The zero-order valence-electron chi connectivity index (χ0n) is 13.9. The van der Waals surface area contributed by atoms with E-state index in [1.807, 2.05) is 6.92 Å². The second-order valence-corrected chi connectivity index (χ2v) is 5.23. The minimum Gasteiger partial charge on any atom is -0.462 e. The van der Waals surface area contributed by atoms with Crippen LogP contribution in [-0.4, -0.2) is 27.1 Å². The Balaban J connectivity index is 2.08. The lowest BCUT2D eigenvalue weighted by atomic mass is 10.1. The summed E-state index contributed by atoms with van der Waals surface area (Å²) < 4.78 is 6.44. The van der Waals surface area contributed by atoms with E-state index in [0.29, 0.717) is 18.0 Å². The standard InChI is InChI=1S/C18H19N3O4/c1-3-5-12-25-18(22)15-9-6-14(7-10-15)8-11-16-19-13-17(21(23)24)20(16)4-2/h4,6-11,13H,2-3,5,12H2,1H3. The lowest BCUT2D eigenvalue weighted by Gasteiger charge is -2.03. The number of ether oxygens (including phenoxy) is 1. The van der Waals surface area contributed by atoms with Crippen LogP contribution in [0.4, 0.5) is 5.82 Å². The fourth-order valence-electron chi connectivity index (χ4n) is 2.10. The van der Waals surface area contributed by atoms with E-state index >= 15 is 0 Å². The summed E-state index contributed by atoms with van der Waals surface area (Å²) in [6.45, 7) is 6.00. The fraction of sp³-hybridized carbons (Fsp3) is 0.222. The van der Waals surface area contributed by atoms with Crippen molar-refractivity contribution in [3.8, 4) is 0 Å². The molecule has 0 unspecified atom stereocenters. The summed E-state index contributed by atoms with van der Waals surface area (Å²) in [5.74, 6) is -0.105. The predicted octanol–water partition coefficient (Wildman–Crippen LogP) is 4.02. The molecule has 0 aliphatic rings. The largest absolute Gasteiger partial charge is 0.462 e. The molecule has 7 nitrogen and oxygen atoms in total. The summed E-state index contributed by atoms with van der Waals surface area (Å²) in [5, 5.41) is 10.9. The van der Waals surface area contributed by atoms with Crippen molar-refractivity contribution in [2.45, 2.75) is 19.8 Å². The van der Waals surface area contributed by atoms with Crippen LogP contribution in [-0.2, 0) is 4.74 Å². The number of rotatable bonds is 8. The maximum absolute atomic E-state index is 11.8. The van der Waals surface area contributed by atoms with E-state index in [0.717, 1.165) is 18.4 Å². The van der Waals surface area contributed by atoms with Crippen molar-refractivity contribution in [1.29, 1.82) is 0 Å². The van der Waals surface area contributed by atoms with E-state index in [1.54, 1.807) is 36.4 Å². The molecule has 0 N–H and O–H groups in total. The Morgan fingerprint density at radius 3 is 2.68 bits per heavy atom. The molecular weight excluding hydrogens is 322 g/mol. The third-order valence-corrected chi connectivity index (χ3v) is 3.48. The molecular formula is C18H19N3O4. The number of imidazole rings is 1. The molecule has 0 fully saturated rings. The Morgan fingerprint density at radius 1 is 1.36 bits per heavy atom. The summed E-state index contributed by atoms with van der Waals surface area (Å²) in [7, 11) is 0. The molecule has 1 heterocycles. The highest BCUT2D eigenvalue weighted by atomic mass is 16.6. The highest BCUT2D eigenvalue weighted by Gasteiger charge is 2.15. The van der Waals surface area contributed by atoms with Crippen molar-refractivity contribution >= 4 is 30.1 Å². The Labute approximate surface area is 145 Å². The maximum atomic E-state index is 11.8. The third-order valence-electron chi connectivity index (χ3n) is 3.48. The van der Waals surface area contributed by atoms with Gasteiger partial charge in [-0.25, -0.2) is 9.78 Å². The molecule has 0 aliphatic carbocycles. The molecule has 0 saturated carbocycles. The number of esters is 1. The molecule has 0 saturated heterocycles. The maximum Gasteiger partial charge on any atom is 0.347 e. The van der Waals surface area contributed by atoms with Crippen molar-refractivity contribution in [1.82, 2.24) is 9.55 Å². The van der Waals surface area contributed by atoms with Crippen LogP contribution in [0.3, 0.4) is 0 Å². The number of nitrogens with zero attached hydrogens (tertiary/aromatic N) is 3. The summed E-state index contributed by atoms with van der Waals surface area (Å²) in [4.78, 5) is 26.2. The van der Waals surface area contributed by atoms with Gasteiger partial charge in [-0.15, -0.1) is 0 Å². The molecule has 0 amide bonds. The van der Waals surface area contributed by atoms with Crippen LogP contribution in [0, 0.1) is 10.1 Å². The van der Waals surface area contributed by atoms with E-state index in [1.165, 1.54) is 17.0 Å². The lowest BCUT2D eigenvalue weighted by Crippen LogP contribution is -2.06. The lowest BCUT2D eigenvalue weighted by molar-refractivity contribution is -0.390. The molecule has 7 heteroatoms. The van der Waals surface area contributed by atoms with Gasteiger partial charge in [0.2, 0.25) is 5.82 Å². The van der Waals surface area contributed by atoms with E-state index in [2.05, 4.69) is 11.6 Å². The van der Waals surface area contributed by atoms with Gasteiger partial charge in [0.25, 0.3) is 0 Å². The monoisotopic (exact) mass is 341 g/mol. The molecule has 1 aromatic carbocycles. The van der Waals surface area contributed by atoms with Crippen LogP contribution in [0.5, 0.6) is 0 Å². The summed E-state index contributed by atoms with van der Waals surface area (Å²) >= 11 is 0. The first kappa shape index (κ1) is 18.1. The number of carbonyl (C=O) groups is 1. The Bertz CT molecular complexity index is 791. The number of benzene rings is 1. The normalized spacial score (nSPS) is 10.8. The number of unbranched alkanes of at least 4 members (excludes halogenated alkanes) is 1. The number of hydrogen-bond donors (Lipinski definition) is 0.